The molecule has 1 fully saturated rings. The third-order valence-corrected chi connectivity index (χ3v) is 1.89. The molecule has 1 heterocycles. The summed E-state index contributed by atoms with van der Waals surface area (Å²) >= 11 is 0. The maximum Gasteiger partial charge on any atom is 0.168 e. The summed E-state index contributed by atoms with van der Waals surface area (Å²) in [7, 11) is 0. The van der Waals surface area contributed by atoms with Gasteiger partial charge in [0.1, 0.15) is 11.4 Å². The summed E-state index contributed by atoms with van der Waals surface area (Å²) in [5.74, 6) is 0.761. The van der Waals surface area contributed by atoms with Crippen molar-refractivity contribution in [2.24, 2.45) is 0 Å². The molecular formula is C10H11NO2. The van der Waals surface area contributed by atoms with Crippen LogP contribution in [-0.2, 0) is 0 Å². The van der Waals surface area contributed by atoms with Crippen LogP contribution in [0, 0.1) is 6.92 Å². The van der Waals surface area contributed by atoms with Gasteiger partial charge in [-0.05, 0) is 19.8 Å². The maximum absolute atomic E-state index is 10.5. The summed E-state index contributed by atoms with van der Waals surface area (Å²) in [6, 6.07) is 3.53. The topological polar surface area (TPSA) is 39.2 Å². The standard InChI is InChI=1S/C10H11NO2/c1-7-4-10(13-9-2-3-9)5-8(6-12)11-7/h4-6,9H,2-3H2,1H3. The lowest BCUT2D eigenvalue weighted by molar-refractivity contribution is 0.111. The lowest BCUT2D eigenvalue weighted by Crippen LogP contribution is -1.98. The van der Waals surface area contributed by atoms with Gasteiger partial charge in [0.2, 0.25) is 0 Å². The Morgan fingerprint density at radius 1 is 1.54 bits per heavy atom. The maximum atomic E-state index is 10.5. The fourth-order valence-corrected chi connectivity index (χ4v) is 1.17. The zero-order valence-electron chi connectivity index (χ0n) is 7.49. The van der Waals surface area contributed by atoms with Gasteiger partial charge < -0.3 is 4.74 Å². The molecule has 0 aromatic carbocycles. The first-order valence-electron chi connectivity index (χ1n) is 4.38. The fraction of sp³-hybridized carbons (Fsp3) is 0.400. The van der Waals surface area contributed by atoms with Gasteiger partial charge in [0.25, 0.3) is 0 Å². The van der Waals surface area contributed by atoms with Gasteiger partial charge in [-0.2, -0.15) is 0 Å². The molecule has 0 bridgehead atoms. The van der Waals surface area contributed by atoms with Crippen LogP contribution < -0.4 is 4.74 Å². The number of aldehydes is 1. The Morgan fingerprint density at radius 3 is 2.92 bits per heavy atom. The van der Waals surface area contributed by atoms with Crippen LogP contribution in [0.4, 0.5) is 0 Å². The van der Waals surface area contributed by atoms with Crippen molar-refractivity contribution in [1.82, 2.24) is 4.98 Å². The van der Waals surface area contributed by atoms with E-state index in [1.54, 1.807) is 6.07 Å². The zero-order chi connectivity index (χ0) is 9.26. The Balaban J connectivity index is 2.22. The number of carbonyl (C=O) groups is 1. The molecule has 0 atom stereocenters. The molecule has 1 aliphatic rings. The van der Waals surface area contributed by atoms with Crippen LogP contribution in [0.1, 0.15) is 29.0 Å². The Kier molecular flexibility index (Phi) is 2.00. The number of ether oxygens (including phenoxy) is 1. The molecule has 3 heteroatoms. The minimum atomic E-state index is 0.362. The molecule has 2 rings (SSSR count). The van der Waals surface area contributed by atoms with E-state index in [4.69, 9.17) is 4.74 Å². The molecule has 1 aromatic heterocycles. The molecule has 0 unspecified atom stereocenters. The van der Waals surface area contributed by atoms with Crippen LogP contribution in [0.3, 0.4) is 0 Å². The summed E-state index contributed by atoms with van der Waals surface area (Å²) in [4.78, 5) is 14.5. The molecule has 0 N–H and O–H groups in total. The molecule has 0 spiro atoms. The number of nitrogens with zero attached hydrogens (tertiary/aromatic N) is 1. The first-order valence-corrected chi connectivity index (χ1v) is 4.38. The highest BCUT2D eigenvalue weighted by Gasteiger charge is 2.23. The Hall–Kier alpha value is -1.38. The lowest BCUT2D eigenvalue weighted by Gasteiger charge is -2.04. The van der Waals surface area contributed by atoms with E-state index in [-0.39, 0.29) is 0 Å². The third-order valence-electron chi connectivity index (χ3n) is 1.89. The molecule has 1 aromatic rings. The molecule has 13 heavy (non-hydrogen) atoms. The first-order chi connectivity index (χ1) is 6.28. The van der Waals surface area contributed by atoms with Gasteiger partial charge >= 0.3 is 0 Å². The normalized spacial score (nSPS) is 15.5. The first kappa shape index (κ1) is 8.23. The summed E-state index contributed by atoms with van der Waals surface area (Å²) < 4.78 is 5.55. The second kappa shape index (κ2) is 3.17. The molecule has 0 radical (unpaired) electrons. The summed E-state index contributed by atoms with van der Waals surface area (Å²) in [5.41, 5.74) is 1.26. The van der Waals surface area contributed by atoms with Crippen molar-refractivity contribution < 1.29 is 9.53 Å². The SMILES string of the molecule is Cc1cc(OC2CC2)cc(C=O)n1. The quantitative estimate of drug-likeness (QED) is 0.660. The molecule has 0 aliphatic heterocycles. The van der Waals surface area contributed by atoms with Gasteiger partial charge in [-0.3, -0.25) is 9.78 Å². The predicted octanol–water partition coefficient (Wildman–Crippen LogP) is 1.74. The average Bonchev–Trinajstić information content (AvgIpc) is 2.87. The van der Waals surface area contributed by atoms with Gasteiger partial charge in [0.05, 0.1) is 6.10 Å². The van der Waals surface area contributed by atoms with Crippen LogP contribution >= 0.6 is 0 Å². The van der Waals surface area contributed by atoms with Crippen molar-refractivity contribution >= 4 is 6.29 Å². The Morgan fingerprint density at radius 2 is 2.31 bits per heavy atom. The fourth-order valence-electron chi connectivity index (χ4n) is 1.17. The largest absolute Gasteiger partial charge is 0.490 e. The van der Waals surface area contributed by atoms with Crippen molar-refractivity contribution in [3.8, 4) is 5.75 Å². The van der Waals surface area contributed by atoms with Crippen LogP contribution in [0.25, 0.3) is 0 Å². The van der Waals surface area contributed by atoms with Crippen molar-refractivity contribution in [3.05, 3.63) is 23.5 Å². The van der Waals surface area contributed by atoms with E-state index in [0.29, 0.717) is 11.8 Å². The van der Waals surface area contributed by atoms with Crippen molar-refractivity contribution in [3.63, 3.8) is 0 Å². The van der Waals surface area contributed by atoms with E-state index in [0.717, 1.165) is 30.6 Å². The highest BCUT2D eigenvalue weighted by Crippen LogP contribution is 2.26. The number of pyridine rings is 1. The number of rotatable bonds is 3. The van der Waals surface area contributed by atoms with Gasteiger partial charge in [-0.1, -0.05) is 0 Å². The Bertz CT molecular complexity index is 332. The average molecular weight is 177 g/mol. The smallest absolute Gasteiger partial charge is 0.168 e. The molecular weight excluding hydrogens is 166 g/mol. The molecule has 3 nitrogen and oxygen atoms in total. The van der Waals surface area contributed by atoms with Crippen molar-refractivity contribution in [2.75, 3.05) is 0 Å². The number of hydrogen-bond donors (Lipinski definition) is 0. The molecule has 68 valence electrons. The second-order valence-electron chi connectivity index (χ2n) is 3.30. The predicted molar refractivity (Wildman–Crippen MR) is 48.0 cm³/mol. The number of aromatic nitrogens is 1. The van der Waals surface area contributed by atoms with Crippen LogP contribution in [-0.4, -0.2) is 17.4 Å². The highest BCUT2D eigenvalue weighted by molar-refractivity contribution is 5.72. The summed E-state index contributed by atoms with van der Waals surface area (Å²) in [5, 5.41) is 0. The van der Waals surface area contributed by atoms with Crippen LogP contribution in [0.2, 0.25) is 0 Å². The van der Waals surface area contributed by atoms with Gasteiger partial charge in [0, 0.05) is 17.8 Å². The Labute approximate surface area is 76.7 Å². The number of aryl methyl sites for hydroxylation is 1. The number of hydrogen-bond acceptors (Lipinski definition) is 3. The minimum absolute atomic E-state index is 0.362. The lowest BCUT2D eigenvalue weighted by atomic mass is 10.3. The monoisotopic (exact) mass is 177 g/mol. The van der Waals surface area contributed by atoms with Crippen LogP contribution in [0.15, 0.2) is 12.1 Å². The van der Waals surface area contributed by atoms with E-state index in [2.05, 4.69) is 4.98 Å². The minimum Gasteiger partial charge on any atom is -0.490 e. The zero-order valence-corrected chi connectivity index (χ0v) is 7.49. The molecule has 0 amide bonds. The van der Waals surface area contributed by atoms with Gasteiger partial charge in [-0.15, -0.1) is 0 Å². The number of carbonyl (C=O) groups excluding carboxylic acids is 1. The van der Waals surface area contributed by atoms with E-state index in [1.165, 1.54) is 0 Å². The van der Waals surface area contributed by atoms with Crippen molar-refractivity contribution in [1.29, 1.82) is 0 Å². The highest BCUT2D eigenvalue weighted by atomic mass is 16.5. The van der Waals surface area contributed by atoms with Crippen LogP contribution in [0.5, 0.6) is 5.75 Å². The summed E-state index contributed by atoms with van der Waals surface area (Å²) in [6.45, 7) is 1.85. The summed E-state index contributed by atoms with van der Waals surface area (Å²) in [6.07, 6.45) is 3.35. The van der Waals surface area contributed by atoms with Crippen molar-refractivity contribution in [2.45, 2.75) is 25.9 Å². The second-order valence-corrected chi connectivity index (χ2v) is 3.30. The third kappa shape index (κ3) is 2.05. The van der Waals surface area contributed by atoms with E-state index >= 15 is 0 Å². The van der Waals surface area contributed by atoms with E-state index in [9.17, 15) is 4.79 Å². The van der Waals surface area contributed by atoms with Gasteiger partial charge in [-0.25, -0.2) is 0 Å². The van der Waals surface area contributed by atoms with E-state index < -0.39 is 0 Å². The molecule has 1 aliphatic carbocycles. The van der Waals surface area contributed by atoms with Gasteiger partial charge in [0.15, 0.2) is 6.29 Å². The molecule has 1 saturated carbocycles. The van der Waals surface area contributed by atoms with E-state index in [1.807, 2.05) is 13.0 Å². The molecule has 0 saturated heterocycles.